The standard InChI is InChI=1S/C13H13F3N4O5S.C11H7F3N4O4S/c1-6(21)17-5-7-3-8-10(4-9(7)13(14,15)16)18-12(23)20(11(8)22)19-26(2,24)25;1-23(21,22)17-18-9(19)6-2-5(4-15)7(11(12,13)14)3-8(6)16-10(18)20/h3-4,19H,5H2,1-2H3,(H,17,21)(H,18,23);2-3,17H,1H3,(H,16,20). The number of fused-ring (bicyclic) bond motifs is 2. The fourth-order valence-corrected chi connectivity index (χ4v) is 5.02. The number of hydrogen-bond acceptors (Lipinski definition) is 10. The molecular formula is C24H20F6N8O9S2. The summed E-state index contributed by atoms with van der Waals surface area (Å²) in [5.74, 6) is -0.587. The molecule has 2 aromatic carbocycles. The van der Waals surface area contributed by atoms with Gasteiger partial charge >= 0.3 is 23.7 Å². The van der Waals surface area contributed by atoms with Crippen molar-refractivity contribution in [2.24, 2.45) is 0 Å². The van der Waals surface area contributed by atoms with Gasteiger partial charge in [0.2, 0.25) is 26.0 Å². The van der Waals surface area contributed by atoms with E-state index in [2.05, 4.69) is 5.32 Å². The van der Waals surface area contributed by atoms with Crippen LogP contribution in [0.5, 0.6) is 0 Å². The Balaban J connectivity index is 0.000000267. The predicted molar refractivity (Wildman–Crippen MR) is 158 cm³/mol. The van der Waals surface area contributed by atoms with Gasteiger partial charge in [-0.2, -0.15) is 41.0 Å². The molecule has 0 bridgehead atoms. The molecule has 0 aliphatic rings. The molecule has 5 N–H and O–H groups in total. The van der Waals surface area contributed by atoms with Gasteiger partial charge < -0.3 is 15.3 Å². The average molecular weight is 743 g/mol. The number of carbonyl (C=O) groups excluding carboxylic acids is 1. The largest absolute Gasteiger partial charge is 0.417 e. The highest BCUT2D eigenvalue weighted by atomic mass is 32.2. The van der Waals surface area contributed by atoms with E-state index < -0.39 is 106 Å². The van der Waals surface area contributed by atoms with Crippen molar-refractivity contribution < 1.29 is 48.0 Å². The van der Waals surface area contributed by atoms with Crippen LogP contribution in [0.25, 0.3) is 21.8 Å². The quantitative estimate of drug-likeness (QED) is 0.164. The maximum absolute atomic E-state index is 13.2. The van der Waals surface area contributed by atoms with Crippen LogP contribution in [0.1, 0.15) is 29.2 Å². The van der Waals surface area contributed by atoms with Crippen LogP contribution in [0.4, 0.5) is 26.3 Å². The van der Waals surface area contributed by atoms with E-state index in [1.165, 1.54) is 6.07 Å². The number of benzene rings is 2. The van der Waals surface area contributed by atoms with Gasteiger partial charge in [-0.25, -0.2) is 36.1 Å². The van der Waals surface area contributed by atoms with Gasteiger partial charge in [0, 0.05) is 13.5 Å². The van der Waals surface area contributed by atoms with E-state index in [4.69, 9.17) is 5.26 Å². The molecule has 4 rings (SSSR count). The van der Waals surface area contributed by atoms with Gasteiger partial charge in [0.05, 0.1) is 57.1 Å². The SMILES string of the molecule is CC(=O)NCc1cc2c(=O)n(NS(C)(=O)=O)c(=O)[nH]c2cc1C(F)(F)F.CS(=O)(=O)Nn1c(=O)[nH]c2cc(C(F)(F)F)c(C#N)cc2c1=O. The summed E-state index contributed by atoms with van der Waals surface area (Å²) >= 11 is 0. The summed E-state index contributed by atoms with van der Waals surface area (Å²) in [6, 6.07) is 3.78. The second kappa shape index (κ2) is 13.1. The van der Waals surface area contributed by atoms with Crippen LogP contribution in [0.2, 0.25) is 0 Å². The van der Waals surface area contributed by atoms with Crippen molar-refractivity contribution in [3.63, 3.8) is 0 Å². The number of nitrogens with zero attached hydrogens (tertiary/aromatic N) is 3. The smallest absolute Gasteiger partial charge is 0.352 e. The third kappa shape index (κ3) is 9.04. The van der Waals surface area contributed by atoms with E-state index in [0.717, 1.165) is 13.0 Å². The van der Waals surface area contributed by atoms with Crippen molar-refractivity contribution in [3.8, 4) is 6.07 Å². The highest BCUT2D eigenvalue weighted by Crippen LogP contribution is 2.34. The minimum Gasteiger partial charge on any atom is -0.352 e. The summed E-state index contributed by atoms with van der Waals surface area (Å²) < 4.78 is 123. The second-order valence-electron chi connectivity index (χ2n) is 9.88. The number of hydrogen-bond donors (Lipinski definition) is 5. The minimum atomic E-state index is -4.87. The summed E-state index contributed by atoms with van der Waals surface area (Å²) in [5.41, 5.74) is -9.52. The van der Waals surface area contributed by atoms with Crippen molar-refractivity contribution in [2.75, 3.05) is 22.2 Å². The first-order valence-electron chi connectivity index (χ1n) is 12.6. The van der Waals surface area contributed by atoms with Gasteiger partial charge in [-0.1, -0.05) is 0 Å². The number of carbonyl (C=O) groups is 1. The van der Waals surface area contributed by atoms with E-state index in [0.29, 0.717) is 30.7 Å². The normalized spacial score (nSPS) is 12.2. The Bertz CT molecular complexity index is 2510. The zero-order valence-electron chi connectivity index (χ0n) is 24.6. The number of H-pyrrole nitrogens is 2. The van der Waals surface area contributed by atoms with Crippen molar-refractivity contribution in [3.05, 3.63) is 88.2 Å². The minimum absolute atomic E-state index is 0.0894. The lowest BCUT2D eigenvalue weighted by atomic mass is 10.0. The van der Waals surface area contributed by atoms with Gasteiger partial charge in [0.1, 0.15) is 0 Å². The van der Waals surface area contributed by atoms with Crippen molar-refractivity contribution in [2.45, 2.75) is 25.8 Å². The van der Waals surface area contributed by atoms with Gasteiger partial charge in [0.15, 0.2) is 0 Å². The number of rotatable bonds is 6. The molecule has 0 spiro atoms. The Kier molecular flexibility index (Phi) is 10.1. The third-order valence-corrected chi connectivity index (χ3v) is 6.96. The Morgan fingerprint density at radius 3 is 1.55 bits per heavy atom. The van der Waals surface area contributed by atoms with Crippen LogP contribution in [-0.2, 0) is 43.7 Å². The number of halogens is 6. The Hall–Kier alpha value is -5.64. The molecule has 0 unspecified atom stereocenters. The van der Waals surface area contributed by atoms with Crippen LogP contribution in [-0.4, -0.2) is 54.6 Å². The Morgan fingerprint density at radius 2 is 1.18 bits per heavy atom. The van der Waals surface area contributed by atoms with Crippen molar-refractivity contribution in [1.82, 2.24) is 24.6 Å². The summed E-state index contributed by atoms with van der Waals surface area (Å²) in [7, 11) is -7.99. The second-order valence-corrected chi connectivity index (χ2v) is 13.3. The van der Waals surface area contributed by atoms with Crippen LogP contribution in [0.3, 0.4) is 0 Å². The number of amides is 1. The van der Waals surface area contributed by atoms with E-state index in [1.807, 2.05) is 9.97 Å². The lowest BCUT2D eigenvalue weighted by Gasteiger charge is -2.15. The molecule has 17 nitrogen and oxygen atoms in total. The summed E-state index contributed by atoms with van der Waals surface area (Å²) in [6.45, 7) is 0.590. The number of nitrogens with one attached hydrogen (secondary N) is 5. The van der Waals surface area contributed by atoms with Crippen molar-refractivity contribution >= 4 is 47.8 Å². The van der Waals surface area contributed by atoms with E-state index in [9.17, 15) is 67.2 Å². The van der Waals surface area contributed by atoms with Crippen LogP contribution in [0.15, 0.2) is 43.4 Å². The zero-order chi connectivity index (χ0) is 37.4. The molecule has 0 radical (unpaired) electrons. The van der Waals surface area contributed by atoms with Gasteiger partial charge in [-0.15, -0.1) is 0 Å². The molecule has 0 fully saturated rings. The summed E-state index contributed by atoms with van der Waals surface area (Å²) in [5, 5.41) is 10.2. The monoisotopic (exact) mass is 742 g/mol. The van der Waals surface area contributed by atoms with Gasteiger partial charge in [-0.05, 0) is 29.8 Å². The van der Waals surface area contributed by atoms with Crippen LogP contribution in [0, 0.1) is 11.3 Å². The molecule has 0 saturated heterocycles. The molecule has 0 aliphatic carbocycles. The summed E-state index contributed by atoms with van der Waals surface area (Å²) in [6.07, 6.45) is -8.30. The maximum atomic E-state index is 13.2. The van der Waals surface area contributed by atoms with Crippen LogP contribution >= 0.6 is 0 Å². The summed E-state index contributed by atoms with van der Waals surface area (Å²) in [4.78, 5) is 66.2. The highest BCUT2D eigenvalue weighted by Gasteiger charge is 2.35. The molecule has 25 heteroatoms. The van der Waals surface area contributed by atoms with Crippen molar-refractivity contribution in [1.29, 1.82) is 5.26 Å². The van der Waals surface area contributed by atoms with E-state index in [1.54, 1.807) is 9.66 Å². The molecule has 49 heavy (non-hydrogen) atoms. The van der Waals surface area contributed by atoms with Crippen LogP contribution < -0.4 is 37.5 Å². The molecule has 264 valence electrons. The van der Waals surface area contributed by atoms with E-state index in [-0.39, 0.29) is 14.7 Å². The first kappa shape index (κ1) is 37.8. The molecule has 2 aromatic heterocycles. The first-order chi connectivity index (χ1) is 22.2. The lowest BCUT2D eigenvalue weighted by molar-refractivity contribution is -0.138. The number of nitriles is 1. The fraction of sp³-hybridized carbons (Fsp3) is 0.250. The number of aromatic nitrogens is 4. The Labute approximate surface area is 267 Å². The number of aromatic amines is 2. The van der Waals surface area contributed by atoms with Gasteiger partial charge in [0.25, 0.3) is 11.1 Å². The maximum Gasteiger partial charge on any atom is 0.417 e. The number of alkyl halides is 6. The zero-order valence-corrected chi connectivity index (χ0v) is 26.2. The topological polar surface area (TPSA) is 255 Å². The molecule has 1 amide bonds. The Morgan fingerprint density at radius 1 is 0.776 bits per heavy atom. The molecule has 4 aromatic rings. The molecule has 0 saturated carbocycles. The highest BCUT2D eigenvalue weighted by molar-refractivity contribution is 7.91. The molecule has 0 aliphatic heterocycles. The average Bonchev–Trinajstić information content (AvgIpc) is 2.94. The first-order valence-corrected chi connectivity index (χ1v) is 16.4. The number of sulfonamides is 2. The predicted octanol–water partition coefficient (Wildman–Crippen LogP) is -0.0688. The lowest BCUT2D eigenvalue weighted by Crippen LogP contribution is -2.43. The van der Waals surface area contributed by atoms with Gasteiger partial charge in [-0.3, -0.25) is 14.4 Å². The fourth-order valence-electron chi connectivity index (χ4n) is 4.03. The molecule has 0 atom stereocenters. The van der Waals surface area contributed by atoms with E-state index >= 15 is 0 Å². The molecular weight excluding hydrogens is 722 g/mol. The molecule has 2 heterocycles. The third-order valence-electron chi connectivity index (χ3n) is 5.93.